The summed E-state index contributed by atoms with van der Waals surface area (Å²) in [6.07, 6.45) is 1.07. The average molecular weight is 479 g/mol. The molecule has 1 aliphatic rings. The van der Waals surface area contributed by atoms with Gasteiger partial charge >= 0.3 is 17.6 Å². The number of ether oxygens (including phenoxy) is 3. The summed E-state index contributed by atoms with van der Waals surface area (Å²) in [5.41, 5.74) is 1.58. The maximum atomic E-state index is 12.3. The van der Waals surface area contributed by atoms with Gasteiger partial charge in [-0.25, -0.2) is 4.79 Å². The third-order valence-electron chi connectivity index (χ3n) is 3.54. The van der Waals surface area contributed by atoms with Crippen molar-refractivity contribution < 1.29 is 29.0 Å². The normalized spacial score (nSPS) is 22.4. The number of hydrogen-bond donors (Lipinski definition) is 2. The van der Waals surface area contributed by atoms with Crippen LogP contribution in [0.5, 0.6) is 0 Å². The van der Waals surface area contributed by atoms with Gasteiger partial charge in [0.25, 0.3) is 0 Å². The molecule has 3 atom stereocenters. The molecule has 0 amide bonds. The number of rotatable bonds is 6. The molecule has 1 fully saturated rings. The number of hydrogen-bond acceptors (Lipinski definition) is 9. The Morgan fingerprint density at radius 1 is 1.50 bits per heavy atom. The number of aromatic nitrogens is 2. The third-order valence-corrected chi connectivity index (χ3v) is 3.90. The van der Waals surface area contributed by atoms with Gasteiger partial charge in [0.1, 0.15) is 12.7 Å². The summed E-state index contributed by atoms with van der Waals surface area (Å²) >= 11 is 1.98. The number of carbonyl (C=O) groups excluding carboxylic acids is 2. The summed E-state index contributed by atoms with van der Waals surface area (Å²) in [6, 6.07) is 0. The van der Waals surface area contributed by atoms with Crippen molar-refractivity contribution in [3.8, 4) is 0 Å². The molecule has 0 bridgehead atoms. The second-order valence-corrected chi connectivity index (χ2v) is 6.19. The van der Waals surface area contributed by atoms with E-state index in [0.717, 1.165) is 0 Å². The van der Waals surface area contributed by atoms with Crippen LogP contribution in [0.15, 0.2) is 15.1 Å². The van der Waals surface area contributed by atoms with Gasteiger partial charge in [0, 0.05) is 32.0 Å². The fourth-order valence-electron chi connectivity index (χ4n) is 2.54. The zero-order chi connectivity index (χ0) is 19.3. The summed E-state index contributed by atoms with van der Waals surface area (Å²) in [6.45, 7) is 2.50. The van der Waals surface area contributed by atoms with Gasteiger partial charge < -0.3 is 14.2 Å². The lowest BCUT2D eigenvalue weighted by Gasteiger charge is -2.21. The first-order valence-corrected chi connectivity index (χ1v) is 8.86. The molecule has 1 aliphatic heterocycles. The van der Waals surface area contributed by atoms with Crippen LogP contribution in [0.2, 0.25) is 0 Å². The topological polar surface area (TPSA) is 129 Å². The zero-order valence-electron chi connectivity index (χ0n) is 14.0. The monoisotopic (exact) mass is 479 g/mol. The van der Waals surface area contributed by atoms with E-state index in [0.29, 0.717) is 5.56 Å². The maximum absolute atomic E-state index is 12.3. The van der Waals surface area contributed by atoms with Crippen LogP contribution in [0, 0.1) is 0 Å². The van der Waals surface area contributed by atoms with Gasteiger partial charge in [-0.15, -0.1) is 0 Å². The molecule has 10 nitrogen and oxygen atoms in total. The van der Waals surface area contributed by atoms with Crippen molar-refractivity contribution in [3.05, 3.63) is 26.3 Å². The lowest BCUT2D eigenvalue weighted by molar-refractivity contribution is -0.153. The Hall–Kier alpha value is -1.99. The first kappa shape index (κ1) is 20.3. The number of nitrogens with zero attached hydrogens (tertiary/aromatic N) is 2. The van der Waals surface area contributed by atoms with E-state index in [1.807, 2.05) is 28.1 Å². The first-order valence-electron chi connectivity index (χ1n) is 7.61. The highest BCUT2D eigenvalue weighted by Crippen LogP contribution is 2.31. The molecule has 2 heterocycles. The molecule has 0 spiro atoms. The van der Waals surface area contributed by atoms with Gasteiger partial charge in [0.2, 0.25) is 0 Å². The first-order chi connectivity index (χ1) is 12.3. The molecule has 0 aromatic carbocycles. The Bertz CT molecular complexity index is 764. The van der Waals surface area contributed by atoms with Crippen LogP contribution < -0.4 is 11.2 Å². The van der Waals surface area contributed by atoms with Gasteiger partial charge in [-0.2, -0.15) is 4.98 Å². The second kappa shape index (κ2) is 9.09. The highest BCUT2D eigenvalue weighted by atomic mass is 127. The molecule has 2 N–H and O–H groups in total. The third kappa shape index (κ3) is 5.02. The van der Waals surface area contributed by atoms with E-state index >= 15 is 0 Å². The van der Waals surface area contributed by atoms with Gasteiger partial charge in [0.15, 0.2) is 12.0 Å². The smallest absolute Gasteiger partial charge is 0.351 e. The van der Waals surface area contributed by atoms with Crippen molar-refractivity contribution in [1.82, 2.24) is 9.55 Å². The van der Waals surface area contributed by atoms with Crippen LogP contribution in [-0.4, -0.2) is 45.5 Å². The SMILES string of the molecule is CC(=O)OC[C@@H]1C[C@@H](OC(C)=O)[C@H](n2cc(/C=C/I)c(NO)nc2=O)O1. The summed E-state index contributed by atoms with van der Waals surface area (Å²) in [4.78, 5) is 38.4. The molecule has 0 unspecified atom stereocenters. The molecule has 1 saturated heterocycles. The van der Waals surface area contributed by atoms with Gasteiger partial charge in [0.05, 0.1) is 6.10 Å². The fourth-order valence-corrected chi connectivity index (χ4v) is 2.93. The number of nitrogens with one attached hydrogen (secondary N) is 1. The molecule has 0 aliphatic carbocycles. The fraction of sp³-hybridized carbons (Fsp3) is 0.467. The molecule has 26 heavy (non-hydrogen) atoms. The highest BCUT2D eigenvalue weighted by molar-refractivity contribution is 14.1. The quantitative estimate of drug-likeness (QED) is 0.352. The molecule has 11 heteroatoms. The summed E-state index contributed by atoms with van der Waals surface area (Å²) in [7, 11) is 0. The predicted octanol–water partition coefficient (Wildman–Crippen LogP) is 1.23. The van der Waals surface area contributed by atoms with Gasteiger partial charge in [-0.05, 0) is 10.2 Å². The molecular formula is C15H18IN3O7. The average Bonchev–Trinajstić information content (AvgIpc) is 2.96. The van der Waals surface area contributed by atoms with E-state index in [2.05, 4.69) is 4.98 Å². The van der Waals surface area contributed by atoms with E-state index < -0.39 is 36.1 Å². The van der Waals surface area contributed by atoms with Crippen LogP contribution in [0.25, 0.3) is 6.08 Å². The van der Waals surface area contributed by atoms with Gasteiger partial charge in [-0.3, -0.25) is 24.8 Å². The lowest BCUT2D eigenvalue weighted by atomic mass is 10.2. The van der Waals surface area contributed by atoms with Crippen LogP contribution in [-0.2, 0) is 23.8 Å². The van der Waals surface area contributed by atoms with Crippen molar-refractivity contribution in [2.24, 2.45) is 0 Å². The summed E-state index contributed by atoms with van der Waals surface area (Å²) in [5.74, 6) is -1.01. The number of esters is 2. The standard InChI is InChI=1S/C15H18IN3O7/c1-8(20)24-7-11-5-12(25-9(2)21)14(26-11)19-6-10(3-4-16)13(18-23)17-15(19)22/h3-4,6,11-12,14,23H,5,7H2,1-2H3,(H,17,18,22)/b4-3+/t11-,12+,14+/m0/s1. The van der Waals surface area contributed by atoms with Crippen molar-refractivity contribution in [1.29, 1.82) is 0 Å². The van der Waals surface area contributed by atoms with Crippen LogP contribution in [0.4, 0.5) is 5.82 Å². The largest absolute Gasteiger partial charge is 0.463 e. The maximum Gasteiger partial charge on any atom is 0.351 e. The zero-order valence-corrected chi connectivity index (χ0v) is 16.2. The summed E-state index contributed by atoms with van der Waals surface area (Å²) in [5, 5.41) is 9.11. The van der Waals surface area contributed by atoms with Crippen LogP contribution in [0.1, 0.15) is 32.1 Å². The Morgan fingerprint density at radius 2 is 2.23 bits per heavy atom. The van der Waals surface area contributed by atoms with Crippen molar-refractivity contribution in [3.63, 3.8) is 0 Å². The minimum absolute atomic E-state index is 0.0161. The minimum Gasteiger partial charge on any atom is -0.463 e. The molecular weight excluding hydrogens is 461 g/mol. The van der Waals surface area contributed by atoms with E-state index in [1.165, 1.54) is 24.6 Å². The van der Waals surface area contributed by atoms with E-state index in [9.17, 15) is 14.4 Å². The van der Waals surface area contributed by atoms with E-state index in [-0.39, 0.29) is 18.8 Å². The number of anilines is 1. The Labute approximate surface area is 162 Å². The second-order valence-electron chi connectivity index (χ2n) is 5.47. The Kier molecular flexibility index (Phi) is 7.11. The van der Waals surface area contributed by atoms with Crippen molar-refractivity contribution >= 4 is 46.4 Å². The van der Waals surface area contributed by atoms with Crippen LogP contribution >= 0.6 is 22.6 Å². The molecule has 1 aromatic heterocycles. The van der Waals surface area contributed by atoms with Gasteiger partial charge in [-0.1, -0.05) is 22.6 Å². The molecule has 0 saturated carbocycles. The number of halogens is 1. The summed E-state index contributed by atoms with van der Waals surface area (Å²) < 4.78 is 18.8. The molecule has 142 valence electrons. The Morgan fingerprint density at radius 3 is 2.81 bits per heavy atom. The predicted molar refractivity (Wildman–Crippen MR) is 97.7 cm³/mol. The minimum atomic E-state index is -0.937. The molecule has 1 aromatic rings. The lowest BCUT2D eigenvalue weighted by Crippen LogP contribution is -2.34. The van der Waals surface area contributed by atoms with E-state index in [1.54, 1.807) is 10.2 Å². The van der Waals surface area contributed by atoms with Crippen molar-refractivity contribution in [2.75, 3.05) is 12.1 Å². The molecule has 0 radical (unpaired) electrons. The Balaban J connectivity index is 2.35. The van der Waals surface area contributed by atoms with E-state index in [4.69, 9.17) is 19.4 Å². The number of carbonyl (C=O) groups is 2. The highest BCUT2D eigenvalue weighted by Gasteiger charge is 2.40. The van der Waals surface area contributed by atoms with Crippen LogP contribution in [0.3, 0.4) is 0 Å². The van der Waals surface area contributed by atoms with Crippen molar-refractivity contribution in [2.45, 2.75) is 38.7 Å². The molecule has 2 rings (SSSR count).